The highest BCUT2D eigenvalue weighted by Gasteiger charge is 2.40. The van der Waals surface area contributed by atoms with Crippen LogP contribution < -0.4 is 5.32 Å². The van der Waals surface area contributed by atoms with Gasteiger partial charge in [-0.25, -0.2) is 0 Å². The number of carbonyl (C=O) groups excluding carboxylic acids is 2. The summed E-state index contributed by atoms with van der Waals surface area (Å²) in [7, 11) is 0. The van der Waals surface area contributed by atoms with Gasteiger partial charge in [-0.05, 0) is 17.7 Å². The molecule has 2 amide bonds. The number of hydrogen-bond acceptors (Lipinski definition) is 5. The largest absolute Gasteiger partial charge is 0.391 e. The standard InChI is InChI=1S/C22H20ClN3O4/c23-16-8-6-14(7-9-16)12-24-21(28)19-10-17(27)13-26(19)22(29)18-11-20(30-25-18)15-4-2-1-3-5-15/h1-9,11,17,19,27H,10,12-13H2,(H,24,28). The Morgan fingerprint density at radius 3 is 2.63 bits per heavy atom. The summed E-state index contributed by atoms with van der Waals surface area (Å²) in [6.07, 6.45) is -0.609. The molecule has 2 heterocycles. The quantitative estimate of drug-likeness (QED) is 0.655. The molecule has 154 valence electrons. The lowest BCUT2D eigenvalue weighted by Gasteiger charge is -2.22. The van der Waals surface area contributed by atoms with Crippen molar-refractivity contribution in [1.82, 2.24) is 15.4 Å². The van der Waals surface area contributed by atoms with Crippen molar-refractivity contribution in [2.24, 2.45) is 0 Å². The summed E-state index contributed by atoms with van der Waals surface area (Å²) in [4.78, 5) is 27.0. The second-order valence-corrected chi connectivity index (χ2v) is 7.59. The first-order chi connectivity index (χ1) is 14.5. The minimum atomic E-state index is -0.781. The number of halogens is 1. The van der Waals surface area contributed by atoms with Crippen LogP contribution in [-0.4, -0.2) is 45.7 Å². The van der Waals surface area contributed by atoms with Gasteiger partial charge in [-0.1, -0.05) is 59.2 Å². The Morgan fingerprint density at radius 1 is 1.17 bits per heavy atom. The highest BCUT2D eigenvalue weighted by molar-refractivity contribution is 6.30. The first kappa shape index (κ1) is 20.1. The van der Waals surface area contributed by atoms with E-state index in [9.17, 15) is 14.7 Å². The molecule has 0 bridgehead atoms. The third kappa shape index (κ3) is 4.37. The molecular weight excluding hydrogens is 406 g/mol. The Labute approximate surface area is 178 Å². The molecule has 0 radical (unpaired) electrons. The van der Waals surface area contributed by atoms with Gasteiger partial charge in [-0.3, -0.25) is 9.59 Å². The summed E-state index contributed by atoms with van der Waals surface area (Å²) in [5, 5.41) is 17.4. The number of hydrogen-bond donors (Lipinski definition) is 2. The van der Waals surface area contributed by atoms with Crippen LogP contribution >= 0.6 is 11.6 Å². The van der Waals surface area contributed by atoms with Crippen molar-refractivity contribution in [3.8, 4) is 11.3 Å². The van der Waals surface area contributed by atoms with E-state index in [1.165, 1.54) is 4.90 Å². The molecule has 2 atom stereocenters. The highest BCUT2D eigenvalue weighted by Crippen LogP contribution is 2.24. The number of β-amino-alcohol motifs (C(OH)–C–C–N with tert-alkyl or cyclic N) is 1. The minimum Gasteiger partial charge on any atom is -0.391 e. The predicted molar refractivity (Wildman–Crippen MR) is 111 cm³/mol. The molecular formula is C22H20ClN3O4. The van der Waals surface area contributed by atoms with Gasteiger partial charge in [0.25, 0.3) is 5.91 Å². The fourth-order valence-corrected chi connectivity index (χ4v) is 3.58. The molecule has 8 heteroatoms. The van der Waals surface area contributed by atoms with E-state index in [0.717, 1.165) is 11.1 Å². The Balaban J connectivity index is 1.45. The van der Waals surface area contributed by atoms with E-state index in [4.69, 9.17) is 16.1 Å². The maximum atomic E-state index is 13.0. The Morgan fingerprint density at radius 2 is 1.90 bits per heavy atom. The number of likely N-dealkylation sites (tertiary alicyclic amines) is 1. The minimum absolute atomic E-state index is 0.0609. The maximum Gasteiger partial charge on any atom is 0.276 e. The predicted octanol–water partition coefficient (Wildman–Crippen LogP) is 2.89. The molecule has 2 unspecified atom stereocenters. The van der Waals surface area contributed by atoms with Crippen molar-refractivity contribution in [3.63, 3.8) is 0 Å². The first-order valence-corrected chi connectivity index (χ1v) is 9.92. The normalized spacial score (nSPS) is 18.4. The topological polar surface area (TPSA) is 95.7 Å². The van der Waals surface area contributed by atoms with Crippen molar-refractivity contribution in [1.29, 1.82) is 0 Å². The van der Waals surface area contributed by atoms with Crippen molar-refractivity contribution >= 4 is 23.4 Å². The van der Waals surface area contributed by atoms with Crippen LogP contribution in [0.1, 0.15) is 22.5 Å². The average Bonchev–Trinajstić information content (AvgIpc) is 3.40. The van der Waals surface area contributed by atoms with Crippen molar-refractivity contribution in [2.75, 3.05) is 6.54 Å². The van der Waals surface area contributed by atoms with E-state index >= 15 is 0 Å². The van der Waals surface area contributed by atoms with E-state index in [1.54, 1.807) is 18.2 Å². The fraction of sp³-hybridized carbons (Fsp3) is 0.227. The zero-order valence-corrected chi connectivity index (χ0v) is 16.7. The lowest BCUT2D eigenvalue weighted by Crippen LogP contribution is -2.45. The van der Waals surface area contributed by atoms with Crippen LogP contribution in [0.25, 0.3) is 11.3 Å². The van der Waals surface area contributed by atoms with E-state index in [2.05, 4.69) is 10.5 Å². The van der Waals surface area contributed by atoms with Crippen molar-refractivity contribution in [2.45, 2.75) is 25.1 Å². The van der Waals surface area contributed by atoms with Crippen molar-refractivity contribution in [3.05, 3.63) is 76.9 Å². The van der Waals surface area contributed by atoms with Gasteiger partial charge in [0.2, 0.25) is 5.91 Å². The van der Waals surface area contributed by atoms with Crippen LogP contribution in [-0.2, 0) is 11.3 Å². The summed E-state index contributed by atoms with van der Waals surface area (Å²) >= 11 is 5.87. The van der Waals surface area contributed by atoms with Gasteiger partial charge in [0.1, 0.15) is 6.04 Å². The van der Waals surface area contributed by atoms with Crippen LogP contribution in [0.4, 0.5) is 0 Å². The number of carbonyl (C=O) groups is 2. The molecule has 1 saturated heterocycles. The number of aromatic nitrogens is 1. The number of nitrogens with one attached hydrogen (secondary N) is 1. The number of rotatable bonds is 5. The Bertz CT molecular complexity index is 1040. The van der Waals surface area contributed by atoms with E-state index < -0.39 is 18.1 Å². The molecule has 7 nitrogen and oxygen atoms in total. The van der Waals surface area contributed by atoms with Crippen LogP contribution in [0.15, 0.2) is 65.2 Å². The summed E-state index contributed by atoms with van der Waals surface area (Å²) < 4.78 is 5.30. The van der Waals surface area contributed by atoms with Crippen LogP contribution in [0.5, 0.6) is 0 Å². The van der Waals surface area contributed by atoms with Crippen LogP contribution in [0.2, 0.25) is 5.02 Å². The second kappa shape index (κ2) is 8.69. The first-order valence-electron chi connectivity index (χ1n) is 9.54. The monoisotopic (exact) mass is 425 g/mol. The molecule has 4 rings (SSSR count). The second-order valence-electron chi connectivity index (χ2n) is 7.15. The van der Waals surface area contributed by atoms with E-state index in [0.29, 0.717) is 17.3 Å². The third-order valence-electron chi connectivity index (χ3n) is 5.01. The van der Waals surface area contributed by atoms with Gasteiger partial charge in [-0.15, -0.1) is 0 Å². The highest BCUT2D eigenvalue weighted by atomic mass is 35.5. The van der Waals surface area contributed by atoms with Crippen LogP contribution in [0.3, 0.4) is 0 Å². The molecule has 2 N–H and O–H groups in total. The smallest absolute Gasteiger partial charge is 0.276 e. The number of nitrogens with zero attached hydrogens (tertiary/aromatic N) is 2. The number of aliphatic hydroxyl groups is 1. The summed E-state index contributed by atoms with van der Waals surface area (Å²) in [6.45, 7) is 0.359. The molecule has 2 aromatic carbocycles. The molecule has 1 fully saturated rings. The van der Waals surface area contributed by atoms with Gasteiger partial charge < -0.3 is 19.8 Å². The fourth-order valence-electron chi connectivity index (χ4n) is 3.46. The lowest BCUT2D eigenvalue weighted by atomic mass is 10.1. The van der Waals surface area contributed by atoms with Gasteiger partial charge >= 0.3 is 0 Å². The van der Waals surface area contributed by atoms with Crippen molar-refractivity contribution < 1.29 is 19.2 Å². The molecule has 0 saturated carbocycles. The van der Waals surface area contributed by atoms with Gasteiger partial charge in [0.15, 0.2) is 11.5 Å². The number of aliphatic hydroxyl groups excluding tert-OH is 1. The average molecular weight is 426 g/mol. The molecule has 1 aliphatic heterocycles. The molecule has 3 aromatic rings. The Kier molecular flexibility index (Phi) is 5.83. The maximum absolute atomic E-state index is 13.0. The SMILES string of the molecule is O=C(NCc1ccc(Cl)cc1)C1CC(O)CN1C(=O)c1cc(-c2ccccc2)on1. The molecule has 30 heavy (non-hydrogen) atoms. The number of amides is 2. The molecule has 0 spiro atoms. The molecule has 1 aromatic heterocycles. The van der Waals surface area contributed by atoms with Gasteiger partial charge in [-0.2, -0.15) is 0 Å². The lowest BCUT2D eigenvalue weighted by molar-refractivity contribution is -0.125. The third-order valence-corrected chi connectivity index (χ3v) is 5.26. The van der Waals surface area contributed by atoms with Gasteiger partial charge in [0, 0.05) is 36.2 Å². The Hall–Kier alpha value is -3.16. The summed E-state index contributed by atoms with van der Waals surface area (Å²) in [5.74, 6) is -0.326. The summed E-state index contributed by atoms with van der Waals surface area (Å²) in [6, 6.07) is 17.2. The van der Waals surface area contributed by atoms with E-state index in [-0.39, 0.29) is 24.6 Å². The summed E-state index contributed by atoms with van der Waals surface area (Å²) in [5.41, 5.74) is 1.77. The molecule has 1 aliphatic rings. The van der Waals surface area contributed by atoms with Gasteiger partial charge in [0.05, 0.1) is 6.10 Å². The van der Waals surface area contributed by atoms with E-state index in [1.807, 2.05) is 42.5 Å². The number of benzene rings is 2. The zero-order chi connectivity index (χ0) is 21.1. The zero-order valence-electron chi connectivity index (χ0n) is 16.0. The molecule has 0 aliphatic carbocycles. The van der Waals surface area contributed by atoms with Crippen LogP contribution in [0, 0.1) is 0 Å².